The number of piperidine rings is 1. The van der Waals surface area contributed by atoms with Gasteiger partial charge in [0.05, 0.1) is 6.10 Å². The normalized spacial score (nSPS) is 18.8. The van der Waals surface area contributed by atoms with Gasteiger partial charge in [0.1, 0.15) is 0 Å². The minimum absolute atomic E-state index is 0.0742. The van der Waals surface area contributed by atoms with E-state index in [9.17, 15) is 9.59 Å². The summed E-state index contributed by atoms with van der Waals surface area (Å²) in [5, 5.41) is 11.7. The molecule has 1 heterocycles. The van der Waals surface area contributed by atoms with Gasteiger partial charge < -0.3 is 20.1 Å². The maximum absolute atomic E-state index is 12.0. The Morgan fingerprint density at radius 3 is 2.81 bits per heavy atom. The van der Waals surface area contributed by atoms with Crippen LogP contribution < -0.4 is 5.32 Å². The zero-order chi connectivity index (χ0) is 15.7. The second kappa shape index (κ2) is 9.60. The second-order valence-corrected chi connectivity index (χ2v) is 5.91. The number of hydrogen-bond donors (Lipinski definition) is 2. The van der Waals surface area contributed by atoms with E-state index in [0.29, 0.717) is 13.1 Å². The Bertz CT molecular complexity index is 334. The highest BCUT2D eigenvalue weighted by atomic mass is 16.5. The standard InChI is InChI=1S/C15H28N2O4/c1-12(2)21-9-4-3-7-16-15(20)17-8-5-6-13(11-17)10-14(18)19/h12-13H,3-11H2,1-2H3,(H,16,20)(H,18,19). The quantitative estimate of drug-likeness (QED) is 0.673. The minimum atomic E-state index is -0.785. The second-order valence-electron chi connectivity index (χ2n) is 5.91. The van der Waals surface area contributed by atoms with E-state index in [1.165, 1.54) is 0 Å². The summed E-state index contributed by atoms with van der Waals surface area (Å²) in [5.41, 5.74) is 0. The molecule has 122 valence electrons. The van der Waals surface area contributed by atoms with Gasteiger partial charge in [-0.25, -0.2) is 4.79 Å². The van der Waals surface area contributed by atoms with Gasteiger partial charge >= 0.3 is 12.0 Å². The first-order valence-electron chi connectivity index (χ1n) is 7.85. The molecule has 1 saturated heterocycles. The molecule has 1 rings (SSSR count). The average Bonchev–Trinajstić information content (AvgIpc) is 2.41. The van der Waals surface area contributed by atoms with Crippen LogP contribution in [0, 0.1) is 5.92 Å². The number of hydrogen-bond acceptors (Lipinski definition) is 3. The van der Waals surface area contributed by atoms with Crippen LogP contribution in [-0.2, 0) is 9.53 Å². The first kappa shape index (κ1) is 17.8. The number of nitrogens with one attached hydrogen (secondary N) is 1. The summed E-state index contributed by atoms with van der Waals surface area (Å²) in [7, 11) is 0. The van der Waals surface area contributed by atoms with Gasteiger partial charge in [-0.3, -0.25) is 4.79 Å². The lowest BCUT2D eigenvalue weighted by atomic mass is 9.95. The van der Waals surface area contributed by atoms with Crippen molar-refractivity contribution in [1.82, 2.24) is 10.2 Å². The van der Waals surface area contributed by atoms with Crippen LogP contribution in [0.1, 0.15) is 46.0 Å². The van der Waals surface area contributed by atoms with Crippen LogP contribution in [0.3, 0.4) is 0 Å². The van der Waals surface area contributed by atoms with Crippen LogP contribution in [0.15, 0.2) is 0 Å². The first-order chi connectivity index (χ1) is 9.99. The van der Waals surface area contributed by atoms with Crippen LogP contribution in [0.25, 0.3) is 0 Å². The molecule has 2 amide bonds. The SMILES string of the molecule is CC(C)OCCCCNC(=O)N1CCCC(CC(=O)O)C1. The van der Waals surface area contributed by atoms with E-state index in [0.717, 1.165) is 38.8 Å². The zero-order valence-electron chi connectivity index (χ0n) is 13.1. The van der Waals surface area contributed by atoms with Gasteiger partial charge in [0.2, 0.25) is 0 Å². The molecule has 21 heavy (non-hydrogen) atoms. The molecule has 0 aromatic heterocycles. The molecule has 6 heteroatoms. The molecule has 1 aliphatic rings. The molecule has 0 spiro atoms. The van der Waals surface area contributed by atoms with Crippen molar-refractivity contribution in [2.75, 3.05) is 26.2 Å². The summed E-state index contributed by atoms with van der Waals surface area (Å²) >= 11 is 0. The predicted molar refractivity (Wildman–Crippen MR) is 80.3 cm³/mol. The van der Waals surface area contributed by atoms with Crippen molar-refractivity contribution < 1.29 is 19.4 Å². The van der Waals surface area contributed by atoms with Crippen molar-refractivity contribution in [2.24, 2.45) is 5.92 Å². The molecule has 1 unspecified atom stereocenters. The third kappa shape index (κ3) is 7.90. The lowest BCUT2D eigenvalue weighted by molar-refractivity contribution is -0.138. The van der Waals surface area contributed by atoms with E-state index in [4.69, 9.17) is 9.84 Å². The minimum Gasteiger partial charge on any atom is -0.481 e. The number of unbranched alkanes of at least 4 members (excludes halogenated alkanes) is 1. The Morgan fingerprint density at radius 2 is 2.14 bits per heavy atom. The van der Waals surface area contributed by atoms with Gasteiger partial charge in [0.15, 0.2) is 0 Å². The van der Waals surface area contributed by atoms with Gasteiger partial charge in [0.25, 0.3) is 0 Å². The zero-order valence-corrected chi connectivity index (χ0v) is 13.1. The highest BCUT2D eigenvalue weighted by molar-refractivity contribution is 5.74. The largest absolute Gasteiger partial charge is 0.481 e. The topological polar surface area (TPSA) is 78.9 Å². The number of carboxylic acids is 1. The molecule has 0 aliphatic carbocycles. The molecule has 1 atom stereocenters. The maximum atomic E-state index is 12.0. The number of urea groups is 1. The molecule has 0 aromatic carbocycles. The number of rotatable bonds is 8. The van der Waals surface area contributed by atoms with Crippen LogP contribution in [-0.4, -0.2) is 54.4 Å². The Hall–Kier alpha value is -1.30. The maximum Gasteiger partial charge on any atom is 0.317 e. The van der Waals surface area contributed by atoms with Crippen LogP contribution in [0.2, 0.25) is 0 Å². The summed E-state index contributed by atoms with van der Waals surface area (Å²) in [6, 6.07) is -0.0742. The lowest BCUT2D eigenvalue weighted by Crippen LogP contribution is -2.46. The smallest absolute Gasteiger partial charge is 0.317 e. The number of ether oxygens (including phenoxy) is 1. The van der Waals surface area contributed by atoms with Crippen molar-refractivity contribution in [3.63, 3.8) is 0 Å². The monoisotopic (exact) mass is 300 g/mol. The van der Waals surface area contributed by atoms with Crippen LogP contribution in [0.4, 0.5) is 4.79 Å². The van der Waals surface area contributed by atoms with Crippen molar-refractivity contribution in [2.45, 2.75) is 52.1 Å². The molecule has 2 N–H and O–H groups in total. The number of carbonyl (C=O) groups is 2. The molecule has 0 aromatic rings. The Morgan fingerprint density at radius 1 is 1.38 bits per heavy atom. The number of nitrogens with zero attached hydrogens (tertiary/aromatic N) is 1. The summed E-state index contributed by atoms with van der Waals surface area (Å²) < 4.78 is 5.44. The van der Waals surface area contributed by atoms with Gasteiger partial charge in [-0.2, -0.15) is 0 Å². The molecule has 1 fully saturated rings. The summed E-state index contributed by atoms with van der Waals surface area (Å²) in [6.07, 6.45) is 4.00. The Kier molecular flexibility index (Phi) is 8.12. The third-order valence-electron chi connectivity index (χ3n) is 3.57. The van der Waals surface area contributed by atoms with E-state index < -0.39 is 5.97 Å². The van der Waals surface area contributed by atoms with E-state index in [1.807, 2.05) is 13.8 Å². The fourth-order valence-electron chi connectivity index (χ4n) is 2.52. The predicted octanol–water partition coefficient (Wildman–Crippen LogP) is 2.09. The van der Waals surface area contributed by atoms with Gasteiger partial charge in [-0.15, -0.1) is 0 Å². The number of amides is 2. The van der Waals surface area contributed by atoms with Crippen LogP contribution in [0.5, 0.6) is 0 Å². The van der Waals surface area contributed by atoms with Crippen molar-refractivity contribution in [1.29, 1.82) is 0 Å². The first-order valence-corrected chi connectivity index (χ1v) is 7.85. The number of aliphatic carboxylic acids is 1. The van der Waals surface area contributed by atoms with Crippen molar-refractivity contribution >= 4 is 12.0 Å². The molecular formula is C15H28N2O4. The van der Waals surface area contributed by atoms with Crippen molar-refractivity contribution in [3.05, 3.63) is 0 Å². The summed E-state index contributed by atoms with van der Waals surface area (Å²) in [4.78, 5) is 24.5. The van der Waals surface area contributed by atoms with E-state index in [-0.39, 0.29) is 24.5 Å². The molecule has 0 bridgehead atoms. The fraction of sp³-hybridized carbons (Fsp3) is 0.867. The lowest BCUT2D eigenvalue weighted by Gasteiger charge is -2.32. The highest BCUT2D eigenvalue weighted by Gasteiger charge is 2.24. The molecule has 1 aliphatic heterocycles. The molecular weight excluding hydrogens is 272 g/mol. The van der Waals surface area contributed by atoms with Gasteiger partial charge in [-0.05, 0) is 45.4 Å². The number of carboxylic acid groups (broad SMARTS) is 1. The third-order valence-corrected chi connectivity index (χ3v) is 3.57. The molecule has 0 radical (unpaired) electrons. The highest BCUT2D eigenvalue weighted by Crippen LogP contribution is 2.19. The van der Waals surface area contributed by atoms with E-state index >= 15 is 0 Å². The fourth-order valence-corrected chi connectivity index (χ4v) is 2.52. The number of carbonyl (C=O) groups excluding carboxylic acids is 1. The van der Waals surface area contributed by atoms with E-state index in [1.54, 1.807) is 4.90 Å². The van der Waals surface area contributed by atoms with Crippen LogP contribution >= 0.6 is 0 Å². The average molecular weight is 300 g/mol. The Labute approximate surface area is 126 Å². The molecule has 0 saturated carbocycles. The van der Waals surface area contributed by atoms with E-state index in [2.05, 4.69) is 5.32 Å². The number of likely N-dealkylation sites (tertiary alicyclic amines) is 1. The van der Waals surface area contributed by atoms with Gasteiger partial charge in [-0.1, -0.05) is 0 Å². The van der Waals surface area contributed by atoms with Crippen molar-refractivity contribution in [3.8, 4) is 0 Å². The Balaban J connectivity index is 2.15. The molecule has 6 nitrogen and oxygen atoms in total. The summed E-state index contributed by atoms with van der Waals surface area (Å²) in [5.74, 6) is -0.700. The summed E-state index contributed by atoms with van der Waals surface area (Å²) in [6.45, 7) is 6.64. The van der Waals surface area contributed by atoms with Gasteiger partial charge in [0, 0.05) is 32.7 Å².